The summed E-state index contributed by atoms with van der Waals surface area (Å²) in [7, 11) is 0. The standard InChI is InChI=1S/C12H22O/c1-5-9(2)11-8-10(6-7-13)12(11,3)4/h5,10-11,13H,6-8H2,1-4H3/b9-5-/t10-,11-/m1/s1. The van der Waals surface area contributed by atoms with Gasteiger partial charge in [0.25, 0.3) is 0 Å². The van der Waals surface area contributed by atoms with Gasteiger partial charge in [0.15, 0.2) is 0 Å². The highest BCUT2D eigenvalue weighted by Gasteiger charge is 2.47. The van der Waals surface area contributed by atoms with Gasteiger partial charge in [0.2, 0.25) is 0 Å². The fourth-order valence-electron chi connectivity index (χ4n) is 2.64. The van der Waals surface area contributed by atoms with E-state index in [0.29, 0.717) is 12.0 Å². The maximum Gasteiger partial charge on any atom is 0.0433 e. The van der Waals surface area contributed by atoms with Crippen LogP contribution in [0.15, 0.2) is 11.6 Å². The molecular weight excluding hydrogens is 160 g/mol. The summed E-state index contributed by atoms with van der Waals surface area (Å²) in [4.78, 5) is 0. The van der Waals surface area contributed by atoms with Crippen molar-refractivity contribution in [2.24, 2.45) is 17.3 Å². The lowest BCUT2D eigenvalue weighted by atomic mass is 9.52. The lowest BCUT2D eigenvalue weighted by molar-refractivity contribution is -0.0113. The van der Waals surface area contributed by atoms with Gasteiger partial charge in [-0.3, -0.25) is 0 Å². The number of hydrogen-bond acceptors (Lipinski definition) is 1. The summed E-state index contributed by atoms with van der Waals surface area (Å²) in [5, 5.41) is 8.90. The highest BCUT2D eigenvalue weighted by Crippen LogP contribution is 2.55. The minimum absolute atomic E-state index is 0.343. The molecule has 0 unspecified atom stereocenters. The molecule has 1 N–H and O–H groups in total. The van der Waals surface area contributed by atoms with Gasteiger partial charge in [-0.05, 0) is 43.9 Å². The average molecular weight is 182 g/mol. The summed E-state index contributed by atoms with van der Waals surface area (Å²) in [6.07, 6.45) is 4.46. The van der Waals surface area contributed by atoms with E-state index in [2.05, 4.69) is 33.8 Å². The molecule has 0 spiro atoms. The van der Waals surface area contributed by atoms with Crippen LogP contribution in [0, 0.1) is 17.3 Å². The quantitative estimate of drug-likeness (QED) is 0.665. The number of aliphatic hydroxyl groups excluding tert-OH is 1. The van der Waals surface area contributed by atoms with E-state index < -0.39 is 0 Å². The van der Waals surface area contributed by atoms with Gasteiger partial charge < -0.3 is 5.11 Å². The van der Waals surface area contributed by atoms with Gasteiger partial charge in [-0.1, -0.05) is 25.5 Å². The van der Waals surface area contributed by atoms with Crippen molar-refractivity contribution >= 4 is 0 Å². The van der Waals surface area contributed by atoms with Crippen LogP contribution in [0.2, 0.25) is 0 Å². The minimum Gasteiger partial charge on any atom is -0.396 e. The molecule has 1 aliphatic carbocycles. The molecule has 0 heterocycles. The summed E-state index contributed by atoms with van der Waals surface area (Å²) in [6, 6.07) is 0. The summed E-state index contributed by atoms with van der Waals surface area (Å²) in [5.74, 6) is 1.46. The molecule has 0 bridgehead atoms. The number of hydrogen-bond donors (Lipinski definition) is 1. The molecule has 2 atom stereocenters. The van der Waals surface area contributed by atoms with Crippen molar-refractivity contribution in [2.75, 3.05) is 6.61 Å². The van der Waals surface area contributed by atoms with Crippen LogP contribution < -0.4 is 0 Å². The average Bonchev–Trinajstić information content (AvgIpc) is 2.10. The summed E-state index contributed by atoms with van der Waals surface area (Å²) in [5.41, 5.74) is 1.92. The maximum absolute atomic E-state index is 8.90. The monoisotopic (exact) mass is 182 g/mol. The number of rotatable bonds is 3. The van der Waals surface area contributed by atoms with Gasteiger partial charge in [-0.15, -0.1) is 0 Å². The zero-order valence-corrected chi connectivity index (χ0v) is 9.30. The van der Waals surface area contributed by atoms with Gasteiger partial charge >= 0.3 is 0 Å². The highest BCUT2D eigenvalue weighted by molar-refractivity contribution is 5.14. The van der Waals surface area contributed by atoms with E-state index in [4.69, 9.17) is 5.11 Å². The van der Waals surface area contributed by atoms with Crippen molar-refractivity contribution in [1.82, 2.24) is 0 Å². The van der Waals surface area contributed by atoms with E-state index in [1.807, 2.05) is 0 Å². The molecule has 1 nitrogen and oxygen atoms in total. The molecule has 1 saturated carbocycles. The Kier molecular flexibility index (Phi) is 3.18. The summed E-state index contributed by atoms with van der Waals surface area (Å²) < 4.78 is 0. The second kappa shape index (κ2) is 3.83. The first-order valence-electron chi connectivity index (χ1n) is 5.27. The molecule has 0 aliphatic heterocycles. The zero-order chi connectivity index (χ0) is 10.1. The first-order chi connectivity index (χ1) is 6.04. The predicted octanol–water partition coefficient (Wildman–Crippen LogP) is 3.00. The Morgan fingerprint density at radius 3 is 2.54 bits per heavy atom. The van der Waals surface area contributed by atoms with Gasteiger partial charge in [0.05, 0.1) is 0 Å². The van der Waals surface area contributed by atoms with E-state index in [1.165, 1.54) is 12.0 Å². The van der Waals surface area contributed by atoms with Gasteiger partial charge in [-0.2, -0.15) is 0 Å². The van der Waals surface area contributed by atoms with Crippen LogP contribution in [-0.2, 0) is 0 Å². The molecule has 0 aromatic heterocycles. The Balaban J connectivity index is 2.58. The van der Waals surface area contributed by atoms with Crippen LogP contribution in [0.1, 0.15) is 40.5 Å². The molecule has 0 radical (unpaired) electrons. The molecule has 1 heteroatoms. The molecule has 0 aromatic rings. The fraction of sp³-hybridized carbons (Fsp3) is 0.833. The molecule has 1 aliphatic rings. The van der Waals surface area contributed by atoms with Crippen molar-refractivity contribution in [2.45, 2.75) is 40.5 Å². The fourth-order valence-corrected chi connectivity index (χ4v) is 2.64. The zero-order valence-electron chi connectivity index (χ0n) is 9.30. The van der Waals surface area contributed by atoms with E-state index >= 15 is 0 Å². The highest BCUT2D eigenvalue weighted by atomic mass is 16.3. The van der Waals surface area contributed by atoms with Crippen LogP contribution >= 0.6 is 0 Å². The predicted molar refractivity (Wildman–Crippen MR) is 56.5 cm³/mol. The number of aliphatic hydroxyl groups is 1. The first-order valence-corrected chi connectivity index (χ1v) is 5.27. The molecule has 0 saturated heterocycles. The molecule has 0 aromatic carbocycles. The van der Waals surface area contributed by atoms with Crippen LogP contribution in [0.25, 0.3) is 0 Å². The van der Waals surface area contributed by atoms with Crippen molar-refractivity contribution in [1.29, 1.82) is 0 Å². The van der Waals surface area contributed by atoms with Gasteiger partial charge in [0, 0.05) is 6.61 Å². The van der Waals surface area contributed by atoms with Crippen molar-refractivity contribution in [3.8, 4) is 0 Å². The van der Waals surface area contributed by atoms with E-state index in [1.54, 1.807) is 0 Å². The van der Waals surface area contributed by atoms with Crippen molar-refractivity contribution < 1.29 is 5.11 Å². The van der Waals surface area contributed by atoms with Gasteiger partial charge in [0.1, 0.15) is 0 Å². The van der Waals surface area contributed by atoms with Crippen LogP contribution in [-0.4, -0.2) is 11.7 Å². The molecular formula is C12H22O. The summed E-state index contributed by atoms with van der Waals surface area (Å²) in [6.45, 7) is 9.34. The lowest BCUT2D eigenvalue weighted by Gasteiger charge is -2.53. The van der Waals surface area contributed by atoms with E-state index in [0.717, 1.165) is 18.3 Å². The Morgan fingerprint density at radius 1 is 1.54 bits per heavy atom. The second-order valence-corrected chi connectivity index (χ2v) is 4.85. The number of allylic oxidation sites excluding steroid dienone is 2. The SMILES string of the molecule is C/C=C(/C)[C@H]1C[C@@H](CCO)C1(C)C. The Hall–Kier alpha value is -0.300. The third-order valence-electron chi connectivity index (χ3n) is 3.95. The van der Waals surface area contributed by atoms with Crippen molar-refractivity contribution in [3.05, 3.63) is 11.6 Å². The Morgan fingerprint density at radius 2 is 2.15 bits per heavy atom. The summed E-state index contributed by atoms with van der Waals surface area (Å²) >= 11 is 0. The topological polar surface area (TPSA) is 20.2 Å². The molecule has 0 amide bonds. The van der Waals surface area contributed by atoms with Crippen LogP contribution in [0.3, 0.4) is 0 Å². The largest absolute Gasteiger partial charge is 0.396 e. The van der Waals surface area contributed by atoms with Crippen LogP contribution in [0.4, 0.5) is 0 Å². The molecule has 13 heavy (non-hydrogen) atoms. The second-order valence-electron chi connectivity index (χ2n) is 4.85. The Labute approximate surface area is 81.9 Å². The molecule has 1 fully saturated rings. The van der Waals surface area contributed by atoms with Crippen molar-refractivity contribution in [3.63, 3.8) is 0 Å². The van der Waals surface area contributed by atoms with Crippen LogP contribution in [0.5, 0.6) is 0 Å². The molecule has 1 rings (SSSR count). The molecule has 76 valence electrons. The van der Waals surface area contributed by atoms with Gasteiger partial charge in [-0.25, -0.2) is 0 Å². The lowest BCUT2D eigenvalue weighted by Crippen LogP contribution is -2.45. The maximum atomic E-state index is 8.90. The minimum atomic E-state index is 0.343. The third-order valence-corrected chi connectivity index (χ3v) is 3.95. The normalized spacial score (nSPS) is 32.8. The van der Waals surface area contributed by atoms with E-state index in [9.17, 15) is 0 Å². The Bertz CT molecular complexity index is 203. The van der Waals surface area contributed by atoms with E-state index in [-0.39, 0.29) is 0 Å². The first kappa shape index (κ1) is 10.8. The third kappa shape index (κ3) is 1.80. The smallest absolute Gasteiger partial charge is 0.0433 e.